The Labute approximate surface area is 119 Å². The lowest BCUT2D eigenvalue weighted by Crippen LogP contribution is -2.45. The van der Waals surface area contributed by atoms with Crippen molar-refractivity contribution in [2.45, 2.75) is 17.9 Å². The third kappa shape index (κ3) is 1.94. The van der Waals surface area contributed by atoms with Crippen LogP contribution >= 0.6 is 0 Å². The van der Waals surface area contributed by atoms with Crippen LogP contribution in [0.2, 0.25) is 0 Å². The lowest BCUT2D eigenvalue weighted by Gasteiger charge is -2.33. The van der Waals surface area contributed by atoms with Crippen LogP contribution in [0.4, 0.5) is 0 Å². The highest BCUT2D eigenvalue weighted by Crippen LogP contribution is 2.36. The molecule has 0 saturated carbocycles. The smallest absolute Gasteiger partial charge is 0.0346 e. The van der Waals surface area contributed by atoms with Crippen molar-refractivity contribution in [2.75, 3.05) is 19.6 Å². The van der Waals surface area contributed by atoms with E-state index < -0.39 is 0 Å². The first kappa shape index (κ1) is 12.1. The number of fused-ring (bicyclic) bond motifs is 2. The second-order valence-electron chi connectivity index (χ2n) is 6.02. The Hall–Kier alpha value is -1.71. The average Bonchev–Trinajstić information content (AvgIpc) is 2.84. The number of nitrogens with zero attached hydrogens (tertiary/aromatic N) is 1. The molecule has 2 aromatic rings. The summed E-state index contributed by atoms with van der Waals surface area (Å²) in [4.78, 5) is 4.49. The van der Waals surface area contributed by atoms with Gasteiger partial charge in [0.25, 0.3) is 0 Å². The average molecular weight is 265 g/mol. The molecule has 2 bridgehead atoms. The molecule has 2 saturated heterocycles. The third-order valence-electron chi connectivity index (χ3n) is 4.68. The first-order valence-electron chi connectivity index (χ1n) is 7.31. The minimum Gasteiger partial charge on any atom is -0.314 e. The van der Waals surface area contributed by atoms with Gasteiger partial charge in [-0.05, 0) is 23.6 Å². The van der Waals surface area contributed by atoms with Gasteiger partial charge in [0.2, 0.25) is 0 Å². The summed E-state index contributed by atoms with van der Waals surface area (Å²) in [5.41, 5.74) is 4.04. The van der Waals surface area contributed by atoms with Gasteiger partial charge in [0.05, 0.1) is 0 Å². The third-order valence-corrected chi connectivity index (χ3v) is 4.68. The van der Waals surface area contributed by atoms with Crippen LogP contribution in [0.1, 0.15) is 12.0 Å². The molecule has 0 spiro atoms. The van der Waals surface area contributed by atoms with Crippen LogP contribution in [0, 0.1) is 0 Å². The van der Waals surface area contributed by atoms with Crippen molar-refractivity contribution in [3.63, 3.8) is 0 Å². The normalized spacial score (nSPS) is 28.5. The molecule has 3 nitrogen and oxygen atoms in total. The van der Waals surface area contributed by atoms with Gasteiger partial charge in [-0.25, -0.2) is 0 Å². The Morgan fingerprint density at radius 3 is 2.85 bits per heavy atom. The Bertz CT molecular complexity index is 607. The molecule has 4 rings (SSSR count). The molecular weight excluding hydrogens is 246 g/mol. The van der Waals surface area contributed by atoms with Gasteiger partial charge in [-0.15, -0.1) is 0 Å². The van der Waals surface area contributed by atoms with Gasteiger partial charge in [0, 0.05) is 49.0 Å². The summed E-state index contributed by atoms with van der Waals surface area (Å²) in [7, 11) is 0. The lowest BCUT2D eigenvalue weighted by molar-refractivity contribution is 0.370. The summed E-state index contributed by atoms with van der Waals surface area (Å²) < 4.78 is 0. The van der Waals surface area contributed by atoms with E-state index in [1.54, 1.807) is 0 Å². The van der Waals surface area contributed by atoms with Gasteiger partial charge >= 0.3 is 0 Å². The molecule has 2 aliphatic heterocycles. The number of benzene rings is 1. The van der Waals surface area contributed by atoms with E-state index in [0.717, 1.165) is 19.6 Å². The van der Waals surface area contributed by atoms with Crippen LogP contribution in [0.5, 0.6) is 0 Å². The fourth-order valence-corrected chi connectivity index (χ4v) is 3.56. The molecule has 2 N–H and O–H groups in total. The molecule has 3 heteroatoms. The van der Waals surface area contributed by atoms with E-state index in [1.807, 2.05) is 12.4 Å². The number of pyridine rings is 1. The second kappa shape index (κ2) is 4.69. The summed E-state index contributed by atoms with van der Waals surface area (Å²) in [5, 5.41) is 7.18. The maximum absolute atomic E-state index is 4.49. The van der Waals surface area contributed by atoms with E-state index in [1.165, 1.54) is 23.1 Å². The van der Waals surface area contributed by atoms with Crippen molar-refractivity contribution in [3.8, 4) is 11.1 Å². The molecule has 2 unspecified atom stereocenters. The Balaban J connectivity index is 1.73. The maximum Gasteiger partial charge on any atom is 0.0346 e. The van der Waals surface area contributed by atoms with Crippen LogP contribution in [0.15, 0.2) is 48.8 Å². The first-order chi connectivity index (χ1) is 9.86. The molecule has 102 valence electrons. The number of nitrogens with one attached hydrogen (secondary N) is 2. The number of hydrogen-bond acceptors (Lipinski definition) is 3. The molecule has 3 heterocycles. The van der Waals surface area contributed by atoms with E-state index in [4.69, 9.17) is 0 Å². The topological polar surface area (TPSA) is 37.0 Å². The molecular formula is C17H19N3. The van der Waals surface area contributed by atoms with Crippen LogP contribution in [0.25, 0.3) is 11.1 Å². The van der Waals surface area contributed by atoms with Crippen LogP contribution in [-0.2, 0) is 5.41 Å². The standard InChI is InChI=1S/C17H19N3/c1-2-4-13(5-3-1)14-6-15(9-18-8-14)17-7-16(20-12-17)10-19-11-17/h1-6,8-9,16,19-20H,7,10-12H2. The van der Waals surface area contributed by atoms with Crippen LogP contribution in [0.3, 0.4) is 0 Å². The summed E-state index contributed by atoms with van der Waals surface area (Å²) >= 11 is 0. The van der Waals surface area contributed by atoms with Gasteiger partial charge in [-0.3, -0.25) is 4.98 Å². The lowest BCUT2D eigenvalue weighted by atomic mass is 9.77. The van der Waals surface area contributed by atoms with Gasteiger partial charge in [0.1, 0.15) is 0 Å². The molecule has 0 aliphatic carbocycles. The van der Waals surface area contributed by atoms with Crippen LogP contribution < -0.4 is 10.6 Å². The van der Waals surface area contributed by atoms with E-state index >= 15 is 0 Å². The van der Waals surface area contributed by atoms with Gasteiger partial charge < -0.3 is 10.6 Å². The Kier molecular flexibility index (Phi) is 2.83. The summed E-state index contributed by atoms with van der Waals surface area (Å²) in [6.07, 6.45) is 5.23. The first-order valence-corrected chi connectivity index (χ1v) is 7.31. The van der Waals surface area contributed by atoms with E-state index in [0.29, 0.717) is 6.04 Å². The predicted molar refractivity (Wildman–Crippen MR) is 80.6 cm³/mol. The zero-order valence-electron chi connectivity index (χ0n) is 11.5. The molecule has 2 aliphatic rings. The molecule has 2 atom stereocenters. The molecule has 1 aromatic carbocycles. The number of piperidine rings is 1. The molecule has 0 amide bonds. The Morgan fingerprint density at radius 1 is 1.05 bits per heavy atom. The fraction of sp³-hybridized carbons (Fsp3) is 0.353. The fourth-order valence-electron chi connectivity index (χ4n) is 3.56. The highest BCUT2D eigenvalue weighted by atomic mass is 15.1. The monoisotopic (exact) mass is 265 g/mol. The second-order valence-corrected chi connectivity index (χ2v) is 6.02. The largest absolute Gasteiger partial charge is 0.314 e. The highest BCUT2D eigenvalue weighted by molar-refractivity contribution is 5.63. The zero-order valence-corrected chi connectivity index (χ0v) is 11.5. The maximum atomic E-state index is 4.49. The van der Waals surface area contributed by atoms with Crippen molar-refractivity contribution >= 4 is 0 Å². The molecule has 2 fully saturated rings. The van der Waals surface area contributed by atoms with Crippen molar-refractivity contribution in [1.82, 2.24) is 15.6 Å². The van der Waals surface area contributed by atoms with Crippen molar-refractivity contribution in [1.29, 1.82) is 0 Å². The summed E-state index contributed by atoms with van der Waals surface area (Å²) in [5.74, 6) is 0. The molecule has 20 heavy (non-hydrogen) atoms. The van der Waals surface area contributed by atoms with Gasteiger partial charge in [-0.1, -0.05) is 30.3 Å². The summed E-state index contributed by atoms with van der Waals surface area (Å²) in [6, 6.07) is 13.4. The number of hydrogen-bond donors (Lipinski definition) is 2. The molecule has 0 radical (unpaired) electrons. The predicted octanol–water partition coefficient (Wildman–Crippen LogP) is 1.95. The van der Waals surface area contributed by atoms with Gasteiger partial charge in [-0.2, -0.15) is 0 Å². The summed E-state index contributed by atoms with van der Waals surface area (Å²) in [6.45, 7) is 3.20. The quantitative estimate of drug-likeness (QED) is 0.871. The SMILES string of the molecule is c1ccc(-c2cncc(C34CNCC(C3)NC4)c2)cc1. The van der Waals surface area contributed by atoms with Crippen molar-refractivity contribution < 1.29 is 0 Å². The van der Waals surface area contributed by atoms with E-state index in [-0.39, 0.29) is 5.41 Å². The molecule has 1 aromatic heterocycles. The minimum absolute atomic E-state index is 0.223. The van der Waals surface area contributed by atoms with Crippen LogP contribution in [-0.4, -0.2) is 30.7 Å². The number of rotatable bonds is 2. The number of aromatic nitrogens is 1. The van der Waals surface area contributed by atoms with Crippen molar-refractivity contribution in [3.05, 3.63) is 54.4 Å². The zero-order chi connectivity index (χ0) is 13.4. The highest BCUT2D eigenvalue weighted by Gasteiger charge is 2.43. The Morgan fingerprint density at radius 2 is 1.95 bits per heavy atom. The minimum atomic E-state index is 0.223. The van der Waals surface area contributed by atoms with E-state index in [9.17, 15) is 0 Å². The van der Waals surface area contributed by atoms with Gasteiger partial charge in [0.15, 0.2) is 0 Å². The van der Waals surface area contributed by atoms with E-state index in [2.05, 4.69) is 52.0 Å². The van der Waals surface area contributed by atoms with Crippen molar-refractivity contribution in [2.24, 2.45) is 0 Å².